The van der Waals surface area contributed by atoms with Gasteiger partial charge in [0.1, 0.15) is 0 Å². The van der Waals surface area contributed by atoms with Crippen LogP contribution in [0.1, 0.15) is 0 Å². The summed E-state index contributed by atoms with van der Waals surface area (Å²) in [7, 11) is 0. The minimum Gasteiger partial charge on any atom is -0.449 e. The Morgan fingerprint density at radius 1 is 0.632 bits per heavy atom. The van der Waals surface area contributed by atoms with Crippen molar-refractivity contribution in [3.05, 3.63) is 60.7 Å². The normalized spacial score (nSPS) is 12.6. The van der Waals surface area contributed by atoms with Crippen molar-refractivity contribution in [1.82, 2.24) is 0 Å². The fourth-order valence-electron chi connectivity index (χ4n) is 3.04. The first kappa shape index (κ1) is 9.40. The van der Waals surface area contributed by atoms with Crippen LogP contribution in [0.2, 0.25) is 0 Å². The van der Waals surface area contributed by atoms with E-state index in [9.17, 15) is 0 Å². The summed E-state index contributed by atoms with van der Waals surface area (Å²) in [5.41, 5.74) is 0. The lowest BCUT2D eigenvalue weighted by Crippen LogP contribution is -1.73. The highest BCUT2D eigenvalue weighted by Gasteiger charge is 2.24. The van der Waals surface area contributed by atoms with Crippen LogP contribution in [0.3, 0.4) is 0 Å². The van der Waals surface area contributed by atoms with Gasteiger partial charge in [0, 0.05) is 5.39 Å². The number of ether oxygens (including phenoxy) is 1. The third kappa shape index (κ3) is 1.14. The minimum atomic E-state index is 1.01. The van der Waals surface area contributed by atoms with Gasteiger partial charge in [-0.2, -0.15) is 0 Å². The molecule has 0 bridgehead atoms. The van der Waals surface area contributed by atoms with E-state index in [2.05, 4.69) is 60.7 Å². The van der Waals surface area contributed by atoms with E-state index < -0.39 is 0 Å². The molecule has 19 heavy (non-hydrogen) atoms. The van der Waals surface area contributed by atoms with E-state index in [-0.39, 0.29) is 0 Å². The Bertz CT molecular complexity index is 983. The molecule has 5 rings (SSSR count). The highest BCUT2D eigenvalue weighted by Crippen LogP contribution is 2.53. The van der Waals surface area contributed by atoms with Crippen molar-refractivity contribution >= 4 is 32.3 Å². The van der Waals surface area contributed by atoms with Crippen molar-refractivity contribution in [2.45, 2.75) is 0 Å². The van der Waals surface area contributed by atoms with E-state index in [1.807, 2.05) is 0 Å². The molecule has 1 aliphatic rings. The molecule has 0 saturated carbocycles. The van der Waals surface area contributed by atoms with Crippen LogP contribution in [-0.4, -0.2) is 0 Å². The van der Waals surface area contributed by atoms with Gasteiger partial charge in [-0.15, -0.1) is 0 Å². The Labute approximate surface area is 110 Å². The second-order valence-corrected chi connectivity index (χ2v) is 5.04. The van der Waals surface area contributed by atoms with Gasteiger partial charge in [-0.05, 0) is 33.0 Å². The molecule has 0 N–H and O–H groups in total. The molecule has 1 heterocycles. The van der Waals surface area contributed by atoms with E-state index in [1.54, 1.807) is 0 Å². The third-order valence-corrected chi connectivity index (χ3v) is 3.98. The lowest BCUT2D eigenvalue weighted by atomic mass is 10.0. The van der Waals surface area contributed by atoms with Crippen molar-refractivity contribution in [3.8, 4) is 11.5 Å². The maximum atomic E-state index is 5.70. The molecule has 0 aliphatic carbocycles. The highest BCUT2D eigenvalue weighted by atomic mass is 16.6. The molecule has 1 heteroatoms. The summed E-state index contributed by atoms with van der Waals surface area (Å²) in [6.07, 6.45) is 0. The van der Waals surface area contributed by atoms with Gasteiger partial charge in [-0.25, -0.2) is 0 Å². The highest BCUT2D eigenvalue weighted by molar-refractivity contribution is 6.20. The maximum absolute atomic E-state index is 5.70. The Hall–Kier alpha value is -2.54. The van der Waals surface area contributed by atoms with Gasteiger partial charge in [0.15, 0.2) is 11.5 Å². The first-order chi connectivity index (χ1) is 9.42. The zero-order chi connectivity index (χ0) is 12.4. The second-order valence-electron chi connectivity index (χ2n) is 5.04. The van der Waals surface area contributed by atoms with Crippen molar-refractivity contribution in [3.63, 3.8) is 0 Å². The number of hydrogen-bond donors (Lipinski definition) is 0. The van der Waals surface area contributed by atoms with Crippen molar-refractivity contribution < 1.29 is 4.74 Å². The first-order valence-corrected chi connectivity index (χ1v) is 6.47. The van der Waals surface area contributed by atoms with E-state index in [0.29, 0.717) is 0 Å². The van der Waals surface area contributed by atoms with E-state index in [1.165, 1.54) is 32.3 Å². The molecule has 4 aromatic rings. The molecule has 0 atom stereocenters. The molecular weight excluding hydrogens is 232 g/mol. The van der Waals surface area contributed by atoms with Gasteiger partial charge >= 0.3 is 0 Å². The fraction of sp³-hybridized carbons (Fsp3) is 0. The quantitative estimate of drug-likeness (QED) is 0.338. The van der Waals surface area contributed by atoms with Gasteiger partial charge in [0.05, 0.1) is 0 Å². The molecule has 88 valence electrons. The maximum Gasteiger partial charge on any atom is 0.178 e. The molecule has 0 unspecified atom stereocenters. The Kier molecular flexibility index (Phi) is 1.52. The van der Waals surface area contributed by atoms with Gasteiger partial charge in [-0.3, -0.25) is 0 Å². The van der Waals surface area contributed by atoms with Crippen LogP contribution in [-0.2, 0) is 0 Å². The van der Waals surface area contributed by atoms with Gasteiger partial charge in [0.25, 0.3) is 0 Å². The summed E-state index contributed by atoms with van der Waals surface area (Å²) in [5, 5.41) is 7.60. The number of benzene rings is 2. The second kappa shape index (κ2) is 3.07. The minimum absolute atomic E-state index is 1.01. The Balaban J connectivity index is 2.20. The molecule has 0 saturated heterocycles. The van der Waals surface area contributed by atoms with E-state index >= 15 is 0 Å². The van der Waals surface area contributed by atoms with Crippen molar-refractivity contribution in [1.29, 1.82) is 0 Å². The summed E-state index contributed by atoms with van der Waals surface area (Å²) in [4.78, 5) is 0. The Morgan fingerprint density at radius 3 is 2.47 bits per heavy atom. The number of fused-ring (bicyclic) bond motifs is 7. The van der Waals surface area contributed by atoms with Gasteiger partial charge in [0.2, 0.25) is 0 Å². The van der Waals surface area contributed by atoms with Gasteiger partial charge < -0.3 is 4.74 Å². The summed E-state index contributed by atoms with van der Waals surface area (Å²) in [5.74, 6) is 2.06. The fourth-order valence-corrected chi connectivity index (χ4v) is 3.04. The lowest BCUT2D eigenvalue weighted by molar-refractivity contribution is 0.653. The van der Waals surface area contributed by atoms with Crippen LogP contribution in [0, 0.1) is 0 Å². The molecule has 0 fully saturated rings. The number of hydrogen-bond acceptors (Lipinski definition) is 1. The SMILES string of the molecule is c1ccc2c(c1)cc1c(c3c4cccc4ccc23)O1. The summed E-state index contributed by atoms with van der Waals surface area (Å²) in [6, 6.07) is 21.5. The predicted molar refractivity (Wildman–Crippen MR) is 79.0 cm³/mol. The summed E-state index contributed by atoms with van der Waals surface area (Å²) < 4.78 is 5.70. The standard InChI is InChI=1S/C18H10O/c1-2-6-13-12(4-1)10-16-18(19-16)17-14-7-3-5-11(14)8-9-15(13)17/h1-10H. The van der Waals surface area contributed by atoms with Crippen LogP contribution in [0.4, 0.5) is 0 Å². The molecule has 0 spiro atoms. The predicted octanol–water partition coefficient (Wildman–Crippen LogP) is 5.25. The number of rotatable bonds is 0. The van der Waals surface area contributed by atoms with Crippen LogP contribution in [0.15, 0.2) is 60.7 Å². The smallest absolute Gasteiger partial charge is 0.178 e. The molecule has 1 aliphatic heterocycles. The Morgan fingerprint density at radius 2 is 1.47 bits per heavy atom. The molecule has 1 nitrogen and oxygen atoms in total. The first-order valence-electron chi connectivity index (χ1n) is 6.47. The average molecular weight is 242 g/mol. The van der Waals surface area contributed by atoms with Crippen LogP contribution < -0.4 is 4.74 Å². The third-order valence-electron chi connectivity index (χ3n) is 3.98. The van der Waals surface area contributed by atoms with Crippen molar-refractivity contribution in [2.75, 3.05) is 0 Å². The molecular formula is C18H10O. The largest absolute Gasteiger partial charge is 0.449 e. The summed E-state index contributed by atoms with van der Waals surface area (Å²) >= 11 is 0. The van der Waals surface area contributed by atoms with E-state index in [4.69, 9.17) is 4.74 Å². The van der Waals surface area contributed by atoms with Crippen LogP contribution in [0.5, 0.6) is 11.5 Å². The zero-order valence-electron chi connectivity index (χ0n) is 10.2. The van der Waals surface area contributed by atoms with Gasteiger partial charge in [-0.1, -0.05) is 54.6 Å². The zero-order valence-corrected chi connectivity index (χ0v) is 10.2. The molecule has 0 radical (unpaired) electrons. The van der Waals surface area contributed by atoms with Crippen LogP contribution in [0.25, 0.3) is 32.3 Å². The molecule has 4 aromatic carbocycles. The topological polar surface area (TPSA) is 12.5 Å². The molecule has 0 aromatic heterocycles. The average Bonchev–Trinajstić information content (AvgIpc) is 3.04. The lowest BCUT2D eigenvalue weighted by Gasteiger charge is -2.00. The van der Waals surface area contributed by atoms with E-state index in [0.717, 1.165) is 11.5 Å². The monoisotopic (exact) mass is 242 g/mol. The molecule has 0 amide bonds. The van der Waals surface area contributed by atoms with Crippen molar-refractivity contribution in [2.24, 2.45) is 0 Å². The summed E-state index contributed by atoms with van der Waals surface area (Å²) in [6.45, 7) is 0. The van der Waals surface area contributed by atoms with Crippen LogP contribution >= 0.6 is 0 Å².